The number of ether oxygens (including phenoxy) is 3. The van der Waals surface area contributed by atoms with Crippen molar-refractivity contribution in [2.75, 3.05) is 26.3 Å². The lowest BCUT2D eigenvalue weighted by Gasteiger charge is -2.45. The van der Waals surface area contributed by atoms with Crippen LogP contribution in [0.2, 0.25) is 0 Å². The molecular weight excluding hydrogens is 468 g/mol. The molecule has 2 aliphatic heterocycles. The fourth-order valence-corrected chi connectivity index (χ4v) is 4.20. The first-order valence-electron chi connectivity index (χ1n) is 12.4. The molecule has 0 bridgehead atoms. The molecule has 10 N–H and O–H groups in total. The molecule has 0 aliphatic carbocycles. The van der Waals surface area contributed by atoms with E-state index in [1.807, 2.05) is 13.8 Å². The molecule has 0 aromatic rings. The molecule has 0 saturated carbocycles. The Morgan fingerprint density at radius 3 is 1.31 bits per heavy atom. The molecule has 0 amide bonds. The van der Waals surface area contributed by atoms with E-state index in [1.165, 1.54) is 0 Å². The quantitative estimate of drug-likeness (QED) is 0.108. The van der Waals surface area contributed by atoms with Crippen LogP contribution in [0.15, 0.2) is 0 Å². The van der Waals surface area contributed by atoms with E-state index in [1.54, 1.807) is 0 Å². The molecule has 13 heteroatoms. The van der Waals surface area contributed by atoms with Gasteiger partial charge in [-0.25, -0.2) is 0 Å². The van der Waals surface area contributed by atoms with Crippen molar-refractivity contribution in [3.8, 4) is 0 Å². The third-order valence-electron chi connectivity index (χ3n) is 6.76. The van der Waals surface area contributed by atoms with E-state index in [0.29, 0.717) is 25.9 Å². The van der Waals surface area contributed by atoms with Crippen LogP contribution in [0.3, 0.4) is 0 Å². The molecule has 0 aromatic heterocycles. The van der Waals surface area contributed by atoms with E-state index < -0.39 is 61.4 Å². The highest BCUT2D eigenvalue weighted by Crippen LogP contribution is 2.29. The van der Waals surface area contributed by atoms with Crippen LogP contribution in [-0.4, -0.2) is 141 Å². The molecule has 2 saturated heterocycles. The van der Waals surface area contributed by atoms with Gasteiger partial charge in [0, 0.05) is 12.1 Å². The molecule has 0 spiro atoms. The summed E-state index contributed by atoms with van der Waals surface area (Å²) in [6.45, 7) is 4.40. The largest absolute Gasteiger partial charge is 0.395 e. The fourth-order valence-electron chi connectivity index (χ4n) is 4.20. The Kier molecular flexibility index (Phi) is 13.2. The van der Waals surface area contributed by atoms with Gasteiger partial charge in [0.15, 0.2) is 12.6 Å². The van der Waals surface area contributed by atoms with Crippen molar-refractivity contribution >= 4 is 0 Å². The molecule has 12 atom stereocenters. The fraction of sp³-hybridized carbons (Fsp3) is 1.00. The molecule has 2 fully saturated rings. The molecule has 208 valence electrons. The van der Waals surface area contributed by atoms with Gasteiger partial charge < -0.3 is 65.7 Å². The summed E-state index contributed by atoms with van der Waals surface area (Å²) in [5, 5.41) is 86.8. The zero-order valence-corrected chi connectivity index (χ0v) is 20.4. The van der Waals surface area contributed by atoms with Crippen LogP contribution in [0.5, 0.6) is 0 Å². The molecular formula is C22H44N2O11. The summed E-state index contributed by atoms with van der Waals surface area (Å²) in [5.41, 5.74) is 0. The van der Waals surface area contributed by atoms with Crippen molar-refractivity contribution in [2.24, 2.45) is 0 Å². The third-order valence-corrected chi connectivity index (χ3v) is 6.76. The molecule has 0 unspecified atom stereocenters. The van der Waals surface area contributed by atoms with Crippen molar-refractivity contribution in [1.82, 2.24) is 10.6 Å². The first-order valence-corrected chi connectivity index (χ1v) is 12.4. The zero-order valence-electron chi connectivity index (χ0n) is 20.4. The van der Waals surface area contributed by atoms with Gasteiger partial charge in [-0.05, 0) is 38.8 Å². The van der Waals surface area contributed by atoms with Gasteiger partial charge >= 0.3 is 0 Å². The van der Waals surface area contributed by atoms with Crippen LogP contribution in [0, 0.1) is 0 Å². The van der Waals surface area contributed by atoms with Gasteiger partial charge in [0.25, 0.3) is 0 Å². The van der Waals surface area contributed by atoms with E-state index >= 15 is 0 Å². The molecule has 35 heavy (non-hydrogen) atoms. The van der Waals surface area contributed by atoms with Gasteiger partial charge in [-0.15, -0.1) is 0 Å². The summed E-state index contributed by atoms with van der Waals surface area (Å²) in [7, 11) is 0. The van der Waals surface area contributed by atoms with Gasteiger partial charge in [-0.2, -0.15) is 0 Å². The molecule has 13 nitrogen and oxygen atoms in total. The Morgan fingerprint density at radius 1 is 0.629 bits per heavy atom. The topological polar surface area (TPSA) is 214 Å². The van der Waals surface area contributed by atoms with Crippen molar-refractivity contribution in [1.29, 1.82) is 0 Å². The minimum absolute atomic E-state index is 0.0570. The maximum Gasteiger partial charge on any atom is 0.189 e. The Morgan fingerprint density at radius 2 is 1.00 bits per heavy atom. The van der Waals surface area contributed by atoms with Gasteiger partial charge in [0.05, 0.1) is 25.4 Å². The lowest BCUT2D eigenvalue weighted by atomic mass is 9.95. The summed E-state index contributed by atoms with van der Waals surface area (Å²) in [6.07, 6.45) is -12.3. The Hall–Kier alpha value is -0.520. The lowest BCUT2D eigenvalue weighted by Crippen LogP contribution is -2.63. The second kappa shape index (κ2) is 15.0. The molecule has 2 rings (SSSR count). The van der Waals surface area contributed by atoms with E-state index in [0.717, 1.165) is 0 Å². The molecule has 2 aliphatic rings. The van der Waals surface area contributed by atoms with Crippen molar-refractivity contribution in [2.45, 2.75) is 113 Å². The maximum atomic E-state index is 10.4. The van der Waals surface area contributed by atoms with Crippen molar-refractivity contribution in [3.05, 3.63) is 0 Å². The van der Waals surface area contributed by atoms with Crippen molar-refractivity contribution in [3.63, 3.8) is 0 Å². The van der Waals surface area contributed by atoms with Crippen LogP contribution in [0.25, 0.3) is 0 Å². The molecule has 0 aromatic carbocycles. The first kappa shape index (κ1) is 30.7. The summed E-state index contributed by atoms with van der Waals surface area (Å²) in [5.74, 6) is 0. The average Bonchev–Trinajstić information content (AvgIpc) is 2.86. The predicted octanol–water partition coefficient (Wildman–Crippen LogP) is -3.88. The smallest absolute Gasteiger partial charge is 0.189 e. The Bertz CT molecular complexity index is 536. The van der Waals surface area contributed by atoms with Gasteiger partial charge in [0.1, 0.15) is 36.6 Å². The van der Waals surface area contributed by atoms with Gasteiger partial charge in [-0.3, -0.25) is 0 Å². The summed E-state index contributed by atoms with van der Waals surface area (Å²) in [4.78, 5) is 0. The Labute approximate surface area is 205 Å². The number of aliphatic hydroxyl groups is 8. The van der Waals surface area contributed by atoms with Gasteiger partial charge in [-0.1, -0.05) is 13.8 Å². The average molecular weight is 513 g/mol. The third kappa shape index (κ3) is 8.23. The van der Waals surface area contributed by atoms with Gasteiger partial charge in [0.2, 0.25) is 0 Å². The number of hydrogen-bond acceptors (Lipinski definition) is 13. The van der Waals surface area contributed by atoms with Crippen molar-refractivity contribution < 1.29 is 55.1 Å². The minimum Gasteiger partial charge on any atom is -0.395 e. The van der Waals surface area contributed by atoms with E-state index in [-0.39, 0.29) is 38.1 Å². The number of rotatable bonds is 14. The highest BCUT2D eigenvalue weighted by Gasteiger charge is 2.49. The highest BCUT2D eigenvalue weighted by molar-refractivity contribution is 4.93. The van der Waals surface area contributed by atoms with Crippen LogP contribution in [0.1, 0.15) is 39.5 Å². The minimum atomic E-state index is -1.66. The standard InChI is InChI=1S/C22H44N2O11/c1-3-11(9-25)23-7-5-13-15(27)17(29)19(31)21(33-13)35-22-20(32)18(30)16(28)14(34-22)6-8-24-12(4-2)10-26/h11-32H,3-10H2,1-2H3/t11-,12-,13-,14-,15-,16-,17+,18+,19-,20-,21-,22-/m1/s1. The highest BCUT2D eigenvalue weighted by atomic mass is 16.8. The van der Waals surface area contributed by atoms with Crippen LogP contribution in [0.4, 0.5) is 0 Å². The first-order chi connectivity index (χ1) is 16.7. The van der Waals surface area contributed by atoms with E-state index in [9.17, 15) is 40.9 Å². The van der Waals surface area contributed by atoms with Crippen LogP contribution < -0.4 is 10.6 Å². The normalized spacial score (nSPS) is 39.9. The summed E-state index contributed by atoms with van der Waals surface area (Å²) in [6, 6.07) is -0.262. The van der Waals surface area contributed by atoms with E-state index in [4.69, 9.17) is 14.2 Å². The maximum absolute atomic E-state index is 10.4. The molecule has 0 radical (unpaired) electrons. The second-order valence-electron chi connectivity index (χ2n) is 9.23. The zero-order chi connectivity index (χ0) is 26.1. The van der Waals surface area contributed by atoms with E-state index in [2.05, 4.69) is 10.6 Å². The monoisotopic (exact) mass is 512 g/mol. The lowest BCUT2D eigenvalue weighted by molar-refractivity contribution is -0.374. The number of aliphatic hydroxyl groups excluding tert-OH is 8. The SMILES string of the molecule is CC[C@H](CO)NCC[C@H]1O[C@H](O[C@H]2O[C@H](CCN[C@H](CC)CO)[C@@H](O)[C@H](O)[C@H]2O)[C@H](O)[C@@H](O)[C@@H]1O. The summed E-state index contributed by atoms with van der Waals surface area (Å²) < 4.78 is 16.9. The Balaban J connectivity index is 1.99. The second-order valence-corrected chi connectivity index (χ2v) is 9.23. The summed E-state index contributed by atoms with van der Waals surface area (Å²) >= 11 is 0. The van der Waals surface area contributed by atoms with Crippen LogP contribution >= 0.6 is 0 Å². The number of hydrogen-bond donors (Lipinski definition) is 10. The van der Waals surface area contributed by atoms with Crippen LogP contribution in [-0.2, 0) is 14.2 Å². The predicted molar refractivity (Wildman–Crippen MR) is 122 cm³/mol. The number of nitrogens with one attached hydrogen (secondary N) is 2. The molecule has 2 heterocycles.